The number of benzene rings is 2. The first-order valence-electron chi connectivity index (χ1n) is 13.2. The van der Waals surface area contributed by atoms with E-state index in [-0.39, 0.29) is 35.4 Å². The van der Waals surface area contributed by atoms with E-state index >= 15 is 0 Å². The summed E-state index contributed by atoms with van der Waals surface area (Å²) < 4.78 is 8.28. The minimum atomic E-state index is -0.386. The van der Waals surface area contributed by atoms with Crippen molar-refractivity contribution < 1.29 is 14.3 Å². The molecule has 1 N–H and O–H groups in total. The van der Waals surface area contributed by atoms with Crippen LogP contribution in [-0.2, 0) is 23.1 Å². The lowest BCUT2D eigenvalue weighted by molar-refractivity contribution is 0.0635. The number of ether oxygens (including phenoxy) is 1. The highest BCUT2D eigenvalue weighted by molar-refractivity contribution is 9.10. The summed E-state index contributed by atoms with van der Waals surface area (Å²) in [5, 5.41) is 2.63. The Kier molecular flexibility index (Phi) is 7.48. The van der Waals surface area contributed by atoms with E-state index in [1.165, 1.54) is 0 Å². The molecule has 1 aliphatic carbocycles. The Morgan fingerprint density at radius 2 is 1.85 bits per heavy atom. The van der Waals surface area contributed by atoms with E-state index in [0.717, 1.165) is 29.3 Å². The Morgan fingerprint density at radius 3 is 2.44 bits per heavy atom. The van der Waals surface area contributed by atoms with Crippen molar-refractivity contribution in [2.45, 2.75) is 57.5 Å². The molecule has 0 radical (unpaired) electrons. The topological polar surface area (TPSA) is 93.5 Å². The fourth-order valence-electron chi connectivity index (χ4n) is 5.69. The van der Waals surface area contributed by atoms with Gasteiger partial charge in [0, 0.05) is 41.4 Å². The number of hydrogen-bond donors (Lipinski definition) is 1. The lowest BCUT2D eigenvalue weighted by atomic mass is 9.68. The fourth-order valence-corrected chi connectivity index (χ4v) is 5.93. The smallest absolute Gasteiger partial charge is 0.261 e. The molecular formula is C30H33BrN4O4. The van der Waals surface area contributed by atoms with Crippen molar-refractivity contribution in [3.8, 4) is 5.69 Å². The normalized spacial score (nSPS) is 17.8. The van der Waals surface area contributed by atoms with E-state index in [4.69, 9.17) is 9.72 Å². The van der Waals surface area contributed by atoms with Gasteiger partial charge in [0.15, 0.2) is 0 Å². The number of amides is 2. The van der Waals surface area contributed by atoms with Gasteiger partial charge in [-0.05, 0) is 81.1 Å². The van der Waals surface area contributed by atoms with Crippen LogP contribution in [0.5, 0.6) is 0 Å². The summed E-state index contributed by atoms with van der Waals surface area (Å²) in [6, 6.07) is 12.4. The average molecular weight is 594 g/mol. The minimum absolute atomic E-state index is 0.0729. The fraction of sp³-hybridized carbons (Fsp3) is 0.400. The molecule has 9 heteroatoms. The zero-order valence-corrected chi connectivity index (χ0v) is 24.3. The van der Waals surface area contributed by atoms with Gasteiger partial charge in [0.05, 0.1) is 29.9 Å². The van der Waals surface area contributed by atoms with Gasteiger partial charge in [-0.2, -0.15) is 0 Å². The Balaban J connectivity index is 1.61. The Hall–Kier alpha value is -3.30. The second-order valence-electron chi connectivity index (χ2n) is 10.6. The number of carbonyl (C=O) groups is 2. The second kappa shape index (κ2) is 10.7. The van der Waals surface area contributed by atoms with Crippen LogP contribution in [0.3, 0.4) is 0 Å². The van der Waals surface area contributed by atoms with E-state index in [2.05, 4.69) is 21.2 Å². The van der Waals surface area contributed by atoms with Crippen LogP contribution in [0.15, 0.2) is 51.7 Å². The SMILES string of the molecule is CNC(=O)c1ccc(-n2c(C3(COC)CCC3)nc3c(c2=O)CC(C)N(C(=O)c2ccc(Br)c(C)c2)C3)cc1. The molecule has 3 aromatic rings. The van der Waals surface area contributed by atoms with E-state index in [1.54, 1.807) is 43.0 Å². The van der Waals surface area contributed by atoms with Crippen LogP contribution in [0.2, 0.25) is 0 Å². The lowest BCUT2D eigenvalue weighted by Crippen LogP contribution is -2.49. The summed E-state index contributed by atoms with van der Waals surface area (Å²) in [7, 11) is 3.26. The molecule has 39 heavy (non-hydrogen) atoms. The quantitative estimate of drug-likeness (QED) is 0.460. The van der Waals surface area contributed by atoms with Crippen LogP contribution in [-0.4, -0.2) is 53.1 Å². The number of rotatable bonds is 6. The number of nitrogens with one attached hydrogen (secondary N) is 1. The summed E-state index contributed by atoms with van der Waals surface area (Å²) in [6.45, 7) is 4.65. The summed E-state index contributed by atoms with van der Waals surface area (Å²) in [6.07, 6.45) is 3.16. The first-order valence-corrected chi connectivity index (χ1v) is 14.0. The van der Waals surface area contributed by atoms with Crippen LogP contribution >= 0.6 is 15.9 Å². The molecule has 1 aliphatic heterocycles. The number of halogens is 1. The highest BCUT2D eigenvalue weighted by Crippen LogP contribution is 2.44. The molecular weight excluding hydrogens is 560 g/mol. The predicted molar refractivity (Wildman–Crippen MR) is 153 cm³/mol. The van der Waals surface area contributed by atoms with Crippen LogP contribution in [0.25, 0.3) is 5.69 Å². The number of aromatic nitrogens is 2. The molecule has 1 unspecified atom stereocenters. The van der Waals surface area contributed by atoms with Gasteiger partial charge in [-0.3, -0.25) is 19.0 Å². The average Bonchev–Trinajstić information content (AvgIpc) is 2.91. The number of carbonyl (C=O) groups excluding carboxylic acids is 2. The molecule has 2 aliphatic rings. The van der Waals surface area contributed by atoms with Crippen molar-refractivity contribution in [2.24, 2.45) is 0 Å². The van der Waals surface area contributed by atoms with Gasteiger partial charge in [-0.25, -0.2) is 4.98 Å². The Labute approximate surface area is 236 Å². The molecule has 2 amide bonds. The zero-order valence-electron chi connectivity index (χ0n) is 22.7. The number of hydrogen-bond acceptors (Lipinski definition) is 5. The maximum absolute atomic E-state index is 14.2. The first-order chi connectivity index (χ1) is 18.7. The number of methoxy groups -OCH3 is 1. The van der Waals surface area contributed by atoms with E-state index in [9.17, 15) is 14.4 Å². The van der Waals surface area contributed by atoms with Crippen molar-refractivity contribution in [3.05, 3.63) is 91.1 Å². The molecule has 204 valence electrons. The molecule has 1 saturated carbocycles. The molecule has 0 saturated heterocycles. The minimum Gasteiger partial charge on any atom is -0.384 e. The van der Waals surface area contributed by atoms with Gasteiger partial charge >= 0.3 is 0 Å². The summed E-state index contributed by atoms with van der Waals surface area (Å²) >= 11 is 3.51. The molecule has 2 heterocycles. The first kappa shape index (κ1) is 27.3. The van der Waals surface area contributed by atoms with Crippen molar-refractivity contribution >= 4 is 27.7 Å². The van der Waals surface area contributed by atoms with Crippen LogP contribution in [0, 0.1) is 6.92 Å². The summed E-state index contributed by atoms with van der Waals surface area (Å²) in [4.78, 5) is 46.8. The van der Waals surface area contributed by atoms with Crippen molar-refractivity contribution in [1.29, 1.82) is 0 Å². The highest BCUT2D eigenvalue weighted by atomic mass is 79.9. The van der Waals surface area contributed by atoms with Crippen molar-refractivity contribution in [3.63, 3.8) is 0 Å². The van der Waals surface area contributed by atoms with E-state index in [0.29, 0.717) is 46.9 Å². The summed E-state index contributed by atoms with van der Waals surface area (Å²) in [5.74, 6) is 0.400. The zero-order chi connectivity index (χ0) is 27.9. The third-order valence-electron chi connectivity index (χ3n) is 8.10. The molecule has 1 aromatic heterocycles. The monoisotopic (exact) mass is 592 g/mol. The largest absolute Gasteiger partial charge is 0.384 e. The lowest BCUT2D eigenvalue weighted by Gasteiger charge is -2.43. The van der Waals surface area contributed by atoms with Gasteiger partial charge in [-0.1, -0.05) is 22.4 Å². The van der Waals surface area contributed by atoms with Crippen LogP contribution in [0.1, 0.15) is 69.5 Å². The van der Waals surface area contributed by atoms with Gasteiger partial charge < -0.3 is 15.0 Å². The third-order valence-corrected chi connectivity index (χ3v) is 8.99. The third kappa shape index (κ3) is 4.82. The van der Waals surface area contributed by atoms with E-state index in [1.807, 2.05) is 36.9 Å². The van der Waals surface area contributed by atoms with Crippen LogP contribution in [0.4, 0.5) is 0 Å². The molecule has 0 spiro atoms. The maximum atomic E-state index is 14.2. The molecule has 1 atom stereocenters. The standard InChI is InChI=1S/C30H33BrN4O4/c1-18-14-21(8-11-24(18)31)27(37)34-16-25-23(15-19(34)2)28(38)35(22-9-6-20(7-10-22)26(36)32-3)29(33-25)30(17-39-4)12-5-13-30/h6-11,14,19H,5,12-13,15-17H2,1-4H3,(H,32,36). The Morgan fingerprint density at radius 1 is 1.15 bits per heavy atom. The number of nitrogens with zero attached hydrogens (tertiary/aromatic N) is 3. The molecule has 0 bridgehead atoms. The van der Waals surface area contributed by atoms with Crippen molar-refractivity contribution in [2.75, 3.05) is 20.8 Å². The van der Waals surface area contributed by atoms with Crippen molar-refractivity contribution in [1.82, 2.24) is 19.8 Å². The van der Waals surface area contributed by atoms with Gasteiger partial charge in [-0.15, -0.1) is 0 Å². The molecule has 2 aromatic carbocycles. The summed E-state index contributed by atoms with van der Waals surface area (Å²) in [5.41, 5.74) is 3.56. The predicted octanol–water partition coefficient (Wildman–Crippen LogP) is 4.32. The highest BCUT2D eigenvalue weighted by Gasteiger charge is 2.44. The number of aryl methyl sites for hydroxylation is 1. The molecule has 1 fully saturated rings. The van der Waals surface area contributed by atoms with E-state index < -0.39 is 0 Å². The number of fused-ring (bicyclic) bond motifs is 1. The Bertz CT molecular complexity index is 1490. The van der Waals surface area contributed by atoms with Gasteiger partial charge in [0.2, 0.25) is 0 Å². The van der Waals surface area contributed by atoms with Gasteiger partial charge in [0.25, 0.3) is 17.4 Å². The molecule has 8 nitrogen and oxygen atoms in total. The second-order valence-corrected chi connectivity index (χ2v) is 11.5. The molecule has 5 rings (SSSR count). The maximum Gasteiger partial charge on any atom is 0.261 e. The van der Waals surface area contributed by atoms with Gasteiger partial charge in [0.1, 0.15) is 5.82 Å². The van der Waals surface area contributed by atoms with Crippen LogP contribution < -0.4 is 10.9 Å².